The molecule has 0 saturated heterocycles. The van der Waals surface area contributed by atoms with Gasteiger partial charge in [-0.3, -0.25) is 0 Å². The third kappa shape index (κ3) is 2.73. The number of hydrogen-bond acceptors (Lipinski definition) is 3. The van der Waals surface area contributed by atoms with Gasteiger partial charge in [0.1, 0.15) is 11.6 Å². The van der Waals surface area contributed by atoms with Gasteiger partial charge < -0.3 is 9.47 Å². The lowest BCUT2D eigenvalue weighted by Gasteiger charge is -2.06. The highest BCUT2D eigenvalue weighted by molar-refractivity contribution is 5.91. The summed E-state index contributed by atoms with van der Waals surface area (Å²) in [6.07, 6.45) is 0. The fourth-order valence-corrected chi connectivity index (χ4v) is 1.75. The van der Waals surface area contributed by atoms with E-state index in [1.807, 2.05) is 12.1 Å². The molecule has 0 heterocycles. The third-order valence-electron chi connectivity index (χ3n) is 2.80. The van der Waals surface area contributed by atoms with Gasteiger partial charge in [0.25, 0.3) is 0 Å². The molecular weight excluding hydrogens is 247 g/mol. The molecule has 3 nitrogen and oxygen atoms in total. The summed E-state index contributed by atoms with van der Waals surface area (Å²) in [6, 6.07) is 11.6. The molecule has 0 radical (unpaired) electrons. The van der Waals surface area contributed by atoms with E-state index in [0.29, 0.717) is 0 Å². The van der Waals surface area contributed by atoms with Crippen LogP contribution in [0.3, 0.4) is 0 Å². The van der Waals surface area contributed by atoms with Crippen LogP contribution in [-0.4, -0.2) is 20.2 Å². The topological polar surface area (TPSA) is 35.5 Å². The monoisotopic (exact) mass is 260 g/mol. The fourth-order valence-electron chi connectivity index (χ4n) is 1.75. The number of hydrogen-bond donors (Lipinski definition) is 0. The molecule has 0 atom stereocenters. The smallest absolute Gasteiger partial charge is 0.340 e. The van der Waals surface area contributed by atoms with Crippen LogP contribution in [0.2, 0.25) is 0 Å². The van der Waals surface area contributed by atoms with Crippen LogP contribution in [0.4, 0.5) is 4.39 Å². The molecule has 2 aromatic rings. The zero-order valence-electron chi connectivity index (χ0n) is 10.6. The van der Waals surface area contributed by atoms with E-state index in [-0.39, 0.29) is 5.56 Å². The van der Waals surface area contributed by atoms with Crippen molar-refractivity contribution in [1.29, 1.82) is 0 Å². The van der Waals surface area contributed by atoms with E-state index in [1.54, 1.807) is 25.3 Å². The summed E-state index contributed by atoms with van der Waals surface area (Å²) in [5.41, 5.74) is 1.53. The van der Waals surface area contributed by atoms with Crippen molar-refractivity contribution in [2.75, 3.05) is 14.2 Å². The Hall–Kier alpha value is -2.36. The Morgan fingerprint density at radius 3 is 2.21 bits per heavy atom. The molecule has 2 rings (SSSR count). The van der Waals surface area contributed by atoms with Crippen molar-refractivity contribution < 1.29 is 18.7 Å². The van der Waals surface area contributed by atoms with E-state index in [4.69, 9.17) is 4.74 Å². The van der Waals surface area contributed by atoms with Crippen molar-refractivity contribution in [2.45, 2.75) is 0 Å². The number of benzene rings is 2. The van der Waals surface area contributed by atoms with Gasteiger partial charge in [-0.15, -0.1) is 0 Å². The molecule has 0 fully saturated rings. The highest BCUT2D eigenvalue weighted by atomic mass is 19.1. The Labute approximate surface area is 110 Å². The van der Waals surface area contributed by atoms with Crippen molar-refractivity contribution in [3.8, 4) is 16.9 Å². The SMILES string of the molecule is COC(=O)c1cc(-c2ccc(OC)cc2)ccc1F. The quantitative estimate of drug-likeness (QED) is 0.794. The lowest BCUT2D eigenvalue weighted by molar-refractivity contribution is 0.0595. The highest BCUT2D eigenvalue weighted by Crippen LogP contribution is 2.24. The van der Waals surface area contributed by atoms with Crippen LogP contribution in [0.5, 0.6) is 5.75 Å². The lowest BCUT2D eigenvalue weighted by Crippen LogP contribution is -2.04. The van der Waals surface area contributed by atoms with Crippen molar-refractivity contribution in [3.05, 3.63) is 53.8 Å². The van der Waals surface area contributed by atoms with Gasteiger partial charge >= 0.3 is 5.97 Å². The molecular formula is C15H13FO3. The van der Waals surface area contributed by atoms with Gasteiger partial charge in [-0.25, -0.2) is 9.18 Å². The molecule has 0 spiro atoms. The first kappa shape index (κ1) is 13.1. The van der Waals surface area contributed by atoms with Crippen LogP contribution in [-0.2, 0) is 4.74 Å². The zero-order valence-corrected chi connectivity index (χ0v) is 10.6. The van der Waals surface area contributed by atoms with Gasteiger partial charge in [0.15, 0.2) is 0 Å². The van der Waals surface area contributed by atoms with E-state index < -0.39 is 11.8 Å². The molecule has 0 aliphatic carbocycles. The summed E-state index contributed by atoms with van der Waals surface area (Å²) in [6.45, 7) is 0. The molecule has 0 aliphatic heterocycles. The van der Waals surface area contributed by atoms with Crippen LogP contribution in [0.25, 0.3) is 11.1 Å². The van der Waals surface area contributed by atoms with Crippen LogP contribution in [0.15, 0.2) is 42.5 Å². The second-order valence-corrected chi connectivity index (χ2v) is 3.91. The van der Waals surface area contributed by atoms with Crippen molar-refractivity contribution in [2.24, 2.45) is 0 Å². The minimum Gasteiger partial charge on any atom is -0.497 e. The minimum atomic E-state index is -0.687. The summed E-state index contributed by atoms with van der Waals surface area (Å²) in [5, 5.41) is 0. The van der Waals surface area contributed by atoms with E-state index in [0.717, 1.165) is 16.9 Å². The molecule has 0 bridgehead atoms. The number of halogens is 1. The first-order valence-electron chi connectivity index (χ1n) is 5.68. The molecule has 0 aliphatic rings. The maximum atomic E-state index is 13.5. The molecule has 2 aromatic carbocycles. The standard InChI is InChI=1S/C15H13FO3/c1-18-12-6-3-10(4-7-12)11-5-8-14(16)13(9-11)15(17)19-2/h3-9H,1-2H3. The van der Waals surface area contributed by atoms with E-state index >= 15 is 0 Å². The van der Waals surface area contributed by atoms with E-state index in [2.05, 4.69) is 4.74 Å². The van der Waals surface area contributed by atoms with Crippen LogP contribution < -0.4 is 4.74 Å². The van der Waals surface area contributed by atoms with Gasteiger partial charge in [0.2, 0.25) is 0 Å². The normalized spacial score (nSPS) is 10.1. The van der Waals surface area contributed by atoms with Gasteiger partial charge in [0, 0.05) is 0 Å². The van der Waals surface area contributed by atoms with Crippen LogP contribution in [0.1, 0.15) is 10.4 Å². The Balaban J connectivity index is 2.42. The molecule has 19 heavy (non-hydrogen) atoms. The Bertz CT molecular complexity index is 591. The van der Waals surface area contributed by atoms with Crippen molar-refractivity contribution in [3.63, 3.8) is 0 Å². The Morgan fingerprint density at radius 2 is 1.63 bits per heavy atom. The Morgan fingerprint density at radius 1 is 1.00 bits per heavy atom. The van der Waals surface area contributed by atoms with Gasteiger partial charge in [-0.1, -0.05) is 18.2 Å². The Kier molecular flexibility index (Phi) is 3.80. The summed E-state index contributed by atoms with van der Waals surface area (Å²) in [7, 11) is 2.81. The zero-order chi connectivity index (χ0) is 13.8. The van der Waals surface area contributed by atoms with Crippen LogP contribution >= 0.6 is 0 Å². The van der Waals surface area contributed by atoms with Crippen LogP contribution in [0, 0.1) is 5.82 Å². The highest BCUT2D eigenvalue weighted by Gasteiger charge is 2.13. The first-order chi connectivity index (χ1) is 9.15. The minimum absolute atomic E-state index is 0.0733. The van der Waals surface area contributed by atoms with E-state index in [9.17, 15) is 9.18 Å². The molecule has 0 N–H and O–H groups in total. The summed E-state index contributed by atoms with van der Waals surface area (Å²) < 4.78 is 23.1. The number of rotatable bonds is 3. The average molecular weight is 260 g/mol. The van der Waals surface area contributed by atoms with Crippen molar-refractivity contribution >= 4 is 5.97 Å². The van der Waals surface area contributed by atoms with Crippen molar-refractivity contribution in [1.82, 2.24) is 0 Å². The predicted octanol–water partition coefficient (Wildman–Crippen LogP) is 3.29. The lowest BCUT2D eigenvalue weighted by atomic mass is 10.0. The first-order valence-corrected chi connectivity index (χ1v) is 5.68. The molecule has 0 unspecified atom stereocenters. The van der Waals surface area contributed by atoms with Gasteiger partial charge in [-0.05, 0) is 35.4 Å². The molecule has 98 valence electrons. The van der Waals surface area contributed by atoms with E-state index in [1.165, 1.54) is 19.2 Å². The molecule has 4 heteroatoms. The number of esters is 1. The maximum Gasteiger partial charge on any atom is 0.340 e. The predicted molar refractivity (Wildman–Crippen MR) is 69.7 cm³/mol. The maximum absolute atomic E-state index is 13.5. The fraction of sp³-hybridized carbons (Fsp3) is 0.133. The van der Waals surface area contributed by atoms with Gasteiger partial charge in [-0.2, -0.15) is 0 Å². The number of ether oxygens (including phenoxy) is 2. The molecule has 0 amide bonds. The number of carbonyl (C=O) groups is 1. The summed E-state index contributed by atoms with van der Waals surface area (Å²) >= 11 is 0. The summed E-state index contributed by atoms with van der Waals surface area (Å²) in [5.74, 6) is -0.545. The second kappa shape index (κ2) is 5.52. The average Bonchev–Trinajstić information content (AvgIpc) is 2.47. The number of carbonyl (C=O) groups excluding carboxylic acids is 1. The van der Waals surface area contributed by atoms with Gasteiger partial charge in [0.05, 0.1) is 19.8 Å². The summed E-state index contributed by atoms with van der Waals surface area (Å²) in [4.78, 5) is 11.4. The molecule has 0 saturated carbocycles. The molecule has 0 aromatic heterocycles. The number of methoxy groups -OCH3 is 2. The second-order valence-electron chi connectivity index (χ2n) is 3.91. The third-order valence-corrected chi connectivity index (χ3v) is 2.80. The largest absolute Gasteiger partial charge is 0.497 e.